The Morgan fingerprint density at radius 3 is 2.81 bits per heavy atom. The lowest BCUT2D eigenvalue weighted by molar-refractivity contribution is 0.191. The van der Waals surface area contributed by atoms with Crippen molar-refractivity contribution in [1.29, 1.82) is 0 Å². The Labute approximate surface area is 94.2 Å². The zero-order chi connectivity index (χ0) is 11.3. The molecule has 0 aromatic carbocycles. The molecule has 1 aromatic heterocycles. The largest absolute Gasteiger partial charge is 0.392 e. The molecule has 2 heterocycles. The molecule has 1 aromatic rings. The average molecular weight is 223 g/mol. The maximum Gasteiger partial charge on any atom is 0.243 e. The van der Waals surface area contributed by atoms with Crippen molar-refractivity contribution >= 4 is 0 Å². The van der Waals surface area contributed by atoms with Crippen molar-refractivity contribution < 1.29 is 9.63 Å². The van der Waals surface area contributed by atoms with Crippen LogP contribution in [-0.2, 0) is 0 Å². The highest BCUT2D eigenvalue weighted by Crippen LogP contribution is 2.57. The molecule has 1 saturated heterocycles. The van der Waals surface area contributed by atoms with Gasteiger partial charge in [-0.15, -0.1) is 0 Å². The summed E-state index contributed by atoms with van der Waals surface area (Å²) in [6.07, 6.45) is 1.50. The topological polar surface area (TPSA) is 71.2 Å². The number of nitrogens with zero attached hydrogens (tertiary/aromatic N) is 2. The minimum absolute atomic E-state index is 0.0260. The van der Waals surface area contributed by atoms with E-state index in [1.54, 1.807) is 0 Å². The smallest absolute Gasteiger partial charge is 0.243 e. The van der Waals surface area contributed by atoms with Gasteiger partial charge in [0, 0.05) is 12.5 Å². The van der Waals surface area contributed by atoms with Gasteiger partial charge in [-0.25, -0.2) is 0 Å². The minimum Gasteiger partial charge on any atom is -0.392 e. The first-order valence-electron chi connectivity index (χ1n) is 5.81. The fourth-order valence-electron chi connectivity index (χ4n) is 2.34. The number of nitrogens with one attached hydrogen (secondary N) is 1. The third kappa shape index (κ3) is 1.64. The van der Waals surface area contributed by atoms with Gasteiger partial charge in [-0.2, -0.15) is 4.98 Å². The molecule has 3 rings (SSSR count). The summed E-state index contributed by atoms with van der Waals surface area (Å²) in [6.45, 7) is 5.04. The summed E-state index contributed by atoms with van der Waals surface area (Å²) in [5, 5.41) is 16.6. The fourth-order valence-corrected chi connectivity index (χ4v) is 2.34. The monoisotopic (exact) mass is 223 g/mol. The first kappa shape index (κ1) is 10.2. The van der Waals surface area contributed by atoms with Gasteiger partial charge < -0.3 is 14.9 Å². The third-order valence-corrected chi connectivity index (χ3v) is 3.69. The Hall–Kier alpha value is -0.940. The first-order valence-corrected chi connectivity index (χ1v) is 5.81. The number of rotatable bonds is 2. The molecule has 5 nitrogen and oxygen atoms in total. The van der Waals surface area contributed by atoms with Crippen molar-refractivity contribution in [1.82, 2.24) is 15.5 Å². The predicted octanol–water partition coefficient (Wildman–Crippen LogP) is 0.978. The summed E-state index contributed by atoms with van der Waals surface area (Å²) >= 11 is 0. The van der Waals surface area contributed by atoms with E-state index in [2.05, 4.69) is 29.3 Å². The summed E-state index contributed by atoms with van der Waals surface area (Å²) in [6, 6.07) is 0.0260. The second-order valence-electron chi connectivity index (χ2n) is 5.59. The van der Waals surface area contributed by atoms with E-state index in [4.69, 9.17) is 4.52 Å². The van der Waals surface area contributed by atoms with Crippen LogP contribution < -0.4 is 5.32 Å². The number of hydrogen-bond acceptors (Lipinski definition) is 5. The molecule has 1 aliphatic heterocycles. The lowest BCUT2D eigenvalue weighted by atomic mass is 10.1. The van der Waals surface area contributed by atoms with Gasteiger partial charge in [-0.3, -0.25) is 0 Å². The molecular weight excluding hydrogens is 206 g/mol. The van der Waals surface area contributed by atoms with Crippen LogP contribution in [0.3, 0.4) is 0 Å². The molecule has 0 radical (unpaired) electrons. The van der Waals surface area contributed by atoms with E-state index < -0.39 is 0 Å². The zero-order valence-electron chi connectivity index (χ0n) is 9.60. The van der Waals surface area contributed by atoms with Crippen LogP contribution in [0.15, 0.2) is 4.52 Å². The van der Waals surface area contributed by atoms with Gasteiger partial charge in [0.2, 0.25) is 5.89 Å². The van der Waals surface area contributed by atoms with Gasteiger partial charge in [0.25, 0.3) is 0 Å². The molecule has 5 heteroatoms. The van der Waals surface area contributed by atoms with Gasteiger partial charge in [0.1, 0.15) is 0 Å². The standard InChI is InChI=1S/C11H17N3O2/c1-11(2)4-7(11)9-13-10(16-14-9)8-3-6(15)5-12-8/h6-8,12,15H,3-5H2,1-2H3/t6-,7?,8+/m0/s1. The molecule has 1 aliphatic carbocycles. The molecule has 2 N–H and O–H groups in total. The van der Waals surface area contributed by atoms with Crippen LogP contribution in [-0.4, -0.2) is 27.9 Å². The highest BCUT2D eigenvalue weighted by molar-refractivity contribution is 5.15. The number of aliphatic hydroxyl groups is 1. The third-order valence-electron chi connectivity index (χ3n) is 3.69. The van der Waals surface area contributed by atoms with E-state index in [-0.39, 0.29) is 12.1 Å². The van der Waals surface area contributed by atoms with E-state index in [0.717, 1.165) is 12.2 Å². The molecule has 1 saturated carbocycles. The second kappa shape index (κ2) is 3.28. The van der Waals surface area contributed by atoms with E-state index in [1.165, 1.54) is 0 Å². The Balaban J connectivity index is 1.74. The van der Waals surface area contributed by atoms with Crippen LogP contribution in [0, 0.1) is 5.41 Å². The average Bonchev–Trinajstić information content (AvgIpc) is 2.67. The van der Waals surface area contributed by atoms with Gasteiger partial charge in [-0.1, -0.05) is 19.0 Å². The van der Waals surface area contributed by atoms with Crippen LogP contribution in [0.4, 0.5) is 0 Å². The molecule has 2 aliphatic rings. The Morgan fingerprint density at radius 2 is 2.25 bits per heavy atom. The lowest BCUT2D eigenvalue weighted by Gasteiger charge is -2.01. The van der Waals surface area contributed by atoms with Crippen molar-refractivity contribution in [3.63, 3.8) is 0 Å². The van der Waals surface area contributed by atoms with E-state index in [9.17, 15) is 5.11 Å². The number of aromatic nitrogens is 2. The molecule has 3 atom stereocenters. The van der Waals surface area contributed by atoms with Crippen molar-refractivity contribution in [2.45, 2.75) is 44.8 Å². The number of hydrogen-bond donors (Lipinski definition) is 2. The summed E-state index contributed by atoms with van der Waals surface area (Å²) in [5.74, 6) is 1.88. The maximum atomic E-state index is 9.42. The van der Waals surface area contributed by atoms with Gasteiger partial charge in [0.15, 0.2) is 5.82 Å². The van der Waals surface area contributed by atoms with Gasteiger partial charge in [-0.05, 0) is 18.3 Å². The Morgan fingerprint density at radius 1 is 1.50 bits per heavy atom. The molecule has 0 amide bonds. The zero-order valence-corrected chi connectivity index (χ0v) is 9.60. The van der Waals surface area contributed by atoms with Crippen LogP contribution in [0.1, 0.15) is 50.4 Å². The number of aliphatic hydroxyl groups excluding tert-OH is 1. The Bertz CT molecular complexity index is 402. The quantitative estimate of drug-likeness (QED) is 0.782. The van der Waals surface area contributed by atoms with Crippen molar-refractivity contribution in [2.75, 3.05) is 6.54 Å². The fraction of sp³-hybridized carbons (Fsp3) is 0.818. The summed E-state index contributed by atoms with van der Waals surface area (Å²) in [4.78, 5) is 4.43. The molecule has 0 bridgehead atoms. The SMILES string of the molecule is CC1(C)CC1c1noc([C@H]2C[C@H](O)CN2)n1. The van der Waals surface area contributed by atoms with Gasteiger partial charge in [0.05, 0.1) is 12.1 Å². The van der Waals surface area contributed by atoms with Crippen LogP contribution in [0.25, 0.3) is 0 Å². The van der Waals surface area contributed by atoms with Crippen molar-refractivity contribution in [3.8, 4) is 0 Å². The molecular formula is C11H17N3O2. The normalized spacial score (nSPS) is 36.6. The lowest BCUT2D eigenvalue weighted by Crippen LogP contribution is -2.15. The van der Waals surface area contributed by atoms with E-state index in [1.807, 2.05) is 0 Å². The van der Waals surface area contributed by atoms with Crippen LogP contribution in [0.5, 0.6) is 0 Å². The Kier molecular flexibility index (Phi) is 2.09. The minimum atomic E-state index is -0.294. The summed E-state index contributed by atoms with van der Waals surface area (Å²) in [7, 11) is 0. The van der Waals surface area contributed by atoms with Crippen molar-refractivity contribution in [2.24, 2.45) is 5.41 Å². The second-order valence-corrected chi connectivity index (χ2v) is 5.59. The van der Waals surface area contributed by atoms with Crippen molar-refractivity contribution in [3.05, 3.63) is 11.7 Å². The maximum absolute atomic E-state index is 9.42. The van der Waals surface area contributed by atoms with E-state index >= 15 is 0 Å². The van der Waals surface area contributed by atoms with Crippen LogP contribution >= 0.6 is 0 Å². The van der Waals surface area contributed by atoms with Crippen LogP contribution in [0.2, 0.25) is 0 Å². The molecule has 16 heavy (non-hydrogen) atoms. The predicted molar refractivity (Wildman–Crippen MR) is 56.8 cm³/mol. The molecule has 1 unspecified atom stereocenters. The highest BCUT2D eigenvalue weighted by Gasteiger charge is 2.49. The molecule has 2 fully saturated rings. The first-order chi connectivity index (χ1) is 7.56. The molecule has 0 spiro atoms. The summed E-state index contributed by atoms with van der Waals surface area (Å²) < 4.78 is 5.26. The van der Waals surface area contributed by atoms with E-state index in [0.29, 0.717) is 30.2 Å². The molecule has 88 valence electrons. The number of β-amino-alcohol motifs (C(OH)–C–C–N with tert-alkyl or cyclic N) is 1. The summed E-state index contributed by atoms with van der Waals surface area (Å²) in [5.41, 5.74) is 0.323. The van der Waals surface area contributed by atoms with Gasteiger partial charge >= 0.3 is 0 Å². The highest BCUT2D eigenvalue weighted by atomic mass is 16.5.